The molecule has 0 saturated carbocycles. The number of esters is 1. The van der Waals surface area contributed by atoms with Crippen LogP contribution in [-0.4, -0.2) is 51.3 Å². The number of thioether (sulfide) groups is 1. The average molecular weight is 511 g/mol. The Labute approximate surface area is 191 Å². The third kappa shape index (κ3) is 6.78. The molecule has 0 fully saturated rings. The molecule has 7 nitrogen and oxygen atoms in total. The molecule has 32 heavy (non-hydrogen) atoms. The van der Waals surface area contributed by atoms with Gasteiger partial charge in [0.15, 0.2) is 21.3 Å². The predicted molar refractivity (Wildman–Crippen MR) is 116 cm³/mol. The van der Waals surface area contributed by atoms with Crippen LogP contribution in [0.15, 0.2) is 50.7 Å². The molecule has 2 rings (SSSR count). The Kier molecular flexibility index (Phi) is 8.43. The highest BCUT2D eigenvalue weighted by Gasteiger charge is 2.38. The lowest BCUT2D eigenvalue weighted by molar-refractivity contribution is -0.140. The second kappa shape index (κ2) is 10.5. The van der Waals surface area contributed by atoms with E-state index in [1.54, 1.807) is 12.3 Å². The summed E-state index contributed by atoms with van der Waals surface area (Å²) in [6, 6.07) is 8.44. The van der Waals surface area contributed by atoms with Crippen molar-refractivity contribution in [2.75, 3.05) is 25.0 Å². The van der Waals surface area contributed by atoms with Crippen LogP contribution < -0.4 is 5.32 Å². The fourth-order valence-electron chi connectivity index (χ4n) is 2.37. The molecule has 0 aliphatic heterocycles. The van der Waals surface area contributed by atoms with E-state index in [1.807, 2.05) is 0 Å². The van der Waals surface area contributed by atoms with Gasteiger partial charge in [0.1, 0.15) is 18.2 Å². The van der Waals surface area contributed by atoms with E-state index in [2.05, 4.69) is 5.32 Å². The van der Waals surface area contributed by atoms with Crippen molar-refractivity contribution in [3.8, 4) is 11.3 Å². The van der Waals surface area contributed by atoms with E-state index in [0.717, 1.165) is 6.26 Å². The summed E-state index contributed by atoms with van der Waals surface area (Å²) in [5.74, 6) is -0.764. The quantitative estimate of drug-likeness (QED) is 0.294. The van der Waals surface area contributed by atoms with Crippen molar-refractivity contribution in [2.45, 2.75) is 11.1 Å². The van der Waals surface area contributed by atoms with Crippen molar-refractivity contribution < 1.29 is 35.5 Å². The Balaban J connectivity index is 2.44. The zero-order valence-electron chi connectivity index (χ0n) is 16.7. The molecule has 0 aliphatic rings. The molecule has 0 amide bonds. The van der Waals surface area contributed by atoms with Gasteiger partial charge in [-0.1, -0.05) is 23.7 Å². The predicted octanol–water partition coefficient (Wildman–Crippen LogP) is 4.29. The molecule has 0 saturated heterocycles. The minimum absolute atomic E-state index is 0.0234. The molecule has 1 heterocycles. The topological polar surface area (TPSA) is 109 Å². The first-order chi connectivity index (χ1) is 14.8. The highest BCUT2D eigenvalue weighted by molar-refractivity contribution is 7.98. The molecular weight excluding hydrogens is 493 g/mol. The fourth-order valence-corrected chi connectivity index (χ4v) is 3.55. The first-order valence-electron chi connectivity index (χ1n) is 8.69. The van der Waals surface area contributed by atoms with Crippen LogP contribution in [0.1, 0.15) is 5.76 Å². The monoisotopic (exact) mass is 510 g/mol. The van der Waals surface area contributed by atoms with Crippen molar-refractivity contribution in [2.24, 2.45) is 0 Å². The van der Waals surface area contributed by atoms with Crippen molar-refractivity contribution in [3.05, 3.63) is 47.2 Å². The summed E-state index contributed by atoms with van der Waals surface area (Å²) >= 11 is 7.05. The van der Waals surface area contributed by atoms with Crippen molar-refractivity contribution in [3.63, 3.8) is 0 Å². The van der Waals surface area contributed by atoms with Gasteiger partial charge in [-0.05, 0) is 30.5 Å². The number of benzene rings is 1. The van der Waals surface area contributed by atoms with Gasteiger partial charge in [0.2, 0.25) is 0 Å². The number of nitrogens with one attached hydrogen (secondary N) is 2. The molecule has 174 valence electrons. The first-order valence-corrected chi connectivity index (χ1v) is 12.4. The molecule has 0 spiro atoms. The number of furan rings is 1. The van der Waals surface area contributed by atoms with Gasteiger partial charge < -0.3 is 14.5 Å². The Hall–Kier alpha value is -2.44. The lowest BCUT2D eigenvalue weighted by Gasteiger charge is -2.14. The average Bonchev–Trinajstić information content (AvgIpc) is 3.20. The third-order valence-corrected chi connectivity index (χ3v) is 5.71. The molecule has 1 aromatic heterocycles. The number of sulfone groups is 1. The van der Waals surface area contributed by atoms with Gasteiger partial charge in [0.25, 0.3) is 0 Å². The van der Waals surface area contributed by atoms with Crippen molar-refractivity contribution in [1.29, 1.82) is 5.41 Å². The second-order valence-corrected chi connectivity index (χ2v) is 9.51. The summed E-state index contributed by atoms with van der Waals surface area (Å²) in [4.78, 5) is 11.8. The van der Waals surface area contributed by atoms with Crippen LogP contribution in [0, 0.1) is 5.41 Å². The number of carbonyl (C=O) groups is 1. The summed E-state index contributed by atoms with van der Waals surface area (Å²) in [5, 5.41) is 8.73. The van der Waals surface area contributed by atoms with Gasteiger partial charge >= 0.3 is 12.1 Å². The molecule has 13 heteroatoms. The van der Waals surface area contributed by atoms with E-state index in [9.17, 15) is 26.4 Å². The number of hydrogen-bond acceptors (Lipinski definition) is 8. The second-order valence-electron chi connectivity index (χ2n) is 6.30. The molecule has 0 radical (unpaired) electrons. The van der Waals surface area contributed by atoms with Gasteiger partial charge in [-0.25, -0.2) is 8.42 Å². The number of ether oxygens (including phenoxy) is 1. The maximum atomic E-state index is 13.0. The number of halogens is 4. The summed E-state index contributed by atoms with van der Waals surface area (Å²) in [6.07, 6.45) is -2.32. The van der Waals surface area contributed by atoms with Crippen LogP contribution in [-0.2, 0) is 19.4 Å². The highest BCUT2D eigenvalue weighted by atomic mass is 35.5. The first kappa shape index (κ1) is 25.8. The molecule has 2 N–H and O–H groups in total. The van der Waals surface area contributed by atoms with Crippen molar-refractivity contribution in [1.82, 2.24) is 5.32 Å². The molecule has 0 bridgehead atoms. The number of hydrogen-bond donors (Lipinski definition) is 2. The van der Waals surface area contributed by atoms with Gasteiger partial charge in [-0.15, -0.1) is 11.8 Å². The molecular formula is C19H18ClF3N2O5S2. The normalized spacial score (nSPS) is 12.8. The SMILES string of the molecule is CSCOC(=O)CN/C(=C(/Cl)C(=N)C(F)(F)F)c1ccc(-c2cccc(S(C)(=O)=O)c2)o1. The van der Waals surface area contributed by atoms with Crippen LogP contribution in [0.4, 0.5) is 13.2 Å². The highest BCUT2D eigenvalue weighted by Crippen LogP contribution is 2.32. The Morgan fingerprint density at radius 3 is 2.56 bits per heavy atom. The molecule has 0 aliphatic carbocycles. The van der Waals surface area contributed by atoms with Gasteiger partial charge in [0.05, 0.1) is 15.6 Å². The third-order valence-electron chi connectivity index (χ3n) is 3.87. The lowest BCUT2D eigenvalue weighted by Crippen LogP contribution is -2.28. The Bertz CT molecular complexity index is 1140. The zero-order chi connectivity index (χ0) is 24.1. The van der Waals surface area contributed by atoms with Crippen LogP contribution in [0.5, 0.6) is 0 Å². The minimum atomic E-state index is -5.04. The summed E-state index contributed by atoms with van der Waals surface area (Å²) in [7, 11) is -3.50. The largest absolute Gasteiger partial charge is 0.455 e. The smallest absolute Gasteiger partial charge is 0.434 e. The van der Waals surface area contributed by atoms with E-state index in [0.29, 0.717) is 5.56 Å². The summed E-state index contributed by atoms with van der Waals surface area (Å²) in [6.45, 7) is -0.531. The maximum absolute atomic E-state index is 13.0. The minimum Gasteiger partial charge on any atom is -0.455 e. The fraction of sp³-hybridized carbons (Fsp3) is 0.263. The Morgan fingerprint density at radius 2 is 1.97 bits per heavy atom. The van der Waals surface area contributed by atoms with Crippen LogP contribution in [0.25, 0.3) is 17.0 Å². The van der Waals surface area contributed by atoms with Crippen LogP contribution >= 0.6 is 23.4 Å². The molecule has 1 aromatic carbocycles. The van der Waals surface area contributed by atoms with Gasteiger partial charge in [-0.3, -0.25) is 10.2 Å². The number of allylic oxidation sites excluding steroid dienone is 1. The molecule has 0 atom stereocenters. The van der Waals surface area contributed by atoms with E-state index in [1.165, 1.54) is 42.1 Å². The number of alkyl halides is 3. The van der Waals surface area contributed by atoms with E-state index >= 15 is 0 Å². The van der Waals surface area contributed by atoms with E-state index in [-0.39, 0.29) is 22.4 Å². The summed E-state index contributed by atoms with van der Waals surface area (Å²) < 4.78 is 73.0. The van der Waals surface area contributed by atoms with E-state index in [4.69, 9.17) is 26.2 Å². The molecule has 2 aromatic rings. The zero-order valence-corrected chi connectivity index (χ0v) is 19.1. The van der Waals surface area contributed by atoms with E-state index < -0.39 is 45.0 Å². The standard InChI is InChI=1S/C19H18ClF3N2O5S2/c1-31-10-29-15(26)9-25-17(16(20)18(24)19(21,22)23)14-7-6-13(30-14)11-4-3-5-12(8-11)32(2,27)28/h3-8,24-25H,9-10H2,1-2H3/b17-16+,24-18?. The molecule has 0 unspecified atom stereocenters. The van der Waals surface area contributed by atoms with Gasteiger partial charge in [0, 0.05) is 11.8 Å². The van der Waals surface area contributed by atoms with Crippen molar-refractivity contribution >= 4 is 50.6 Å². The lowest BCUT2D eigenvalue weighted by atomic mass is 10.2. The Morgan fingerprint density at radius 1 is 1.28 bits per heavy atom. The van der Waals surface area contributed by atoms with Gasteiger partial charge in [-0.2, -0.15) is 13.2 Å². The number of rotatable bonds is 9. The summed E-state index contributed by atoms with van der Waals surface area (Å²) in [5.41, 5.74) is -1.93. The maximum Gasteiger partial charge on any atom is 0.434 e. The van der Waals surface area contributed by atoms with Crippen LogP contribution in [0.3, 0.4) is 0 Å². The van der Waals surface area contributed by atoms with Crippen LogP contribution in [0.2, 0.25) is 0 Å². The number of carbonyl (C=O) groups excluding carboxylic acids is 1.